The quantitative estimate of drug-likeness (QED) is 0.811. The summed E-state index contributed by atoms with van der Waals surface area (Å²) in [6, 6.07) is 9.52. The van der Waals surface area contributed by atoms with Crippen LogP contribution in [0.15, 0.2) is 24.3 Å². The van der Waals surface area contributed by atoms with E-state index in [0.717, 1.165) is 18.3 Å². The molecule has 0 aliphatic heterocycles. The van der Waals surface area contributed by atoms with Crippen LogP contribution < -0.4 is 5.32 Å². The van der Waals surface area contributed by atoms with E-state index in [1.165, 1.54) is 24.0 Å². The highest BCUT2D eigenvalue weighted by Gasteiger charge is 2.20. The number of aryl methyl sites for hydroxylation is 1. The lowest BCUT2D eigenvalue weighted by molar-refractivity contribution is 0.679. The first-order valence-corrected chi connectivity index (χ1v) is 7.20. The predicted octanol–water partition coefficient (Wildman–Crippen LogP) is 3.37. The average molecular weight is 235 g/mol. The van der Waals surface area contributed by atoms with Gasteiger partial charge in [0.25, 0.3) is 0 Å². The third kappa shape index (κ3) is 3.84. The molecular formula is C14H21NS. The van der Waals surface area contributed by atoms with E-state index < -0.39 is 0 Å². The zero-order valence-corrected chi connectivity index (χ0v) is 11.0. The molecule has 2 heteroatoms. The monoisotopic (exact) mass is 235 g/mol. The van der Waals surface area contributed by atoms with Gasteiger partial charge in [0, 0.05) is 23.6 Å². The van der Waals surface area contributed by atoms with Crippen molar-refractivity contribution in [3.63, 3.8) is 0 Å². The van der Waals surface area contributed by atoms with Gasteiger partial charge >= 0.3 is 0 Å². The molecule has 1 atom stereocenters. The normalized spacial score (nSPS) is 17.4. The molecule has 1 aromatic carbocycles. The fourth-order valence-electron chi connectivity index (χ4n) is 1.68. The lowest BCUT2D eigenvalue weighted by Crippen LogP contribution is -2.24. The van der Waals surface area contributed by atoms with Crippen LogP contribution in [0.2, 0.25) is 0 Å². The molecule has 16 heavy (non-hydrogen) atoms. The van der Waals surface area contributed by atoms with Crippen LogP contribution in [0.4, 0.5) is 0 Å². The minimum atomic E-state index is 0.709. The van der Waals surface area contributed by atoms with E-state index in [0.29, 0.717) is 5.25 Å². The molecule has 1 N–H and O–H groups in total. The molecule has 1 aliphatic carbocycles. The van der Waals surface area contributed by atoms with E-state index in [2.05, 4.69) is 55.2 Å². The summed E-state index contributed by atoms with van der Waals surface area (Å²) in [4.78, 5) is 0. The molecule has 1 fully saturated rings. The van der Waals surface area contributed by atoms with Gasteiger partial charge in [-0.15, -0.1) is 0 Å². The highest BCUT2D eigenvalue weighted by atomic mass is 32.2. The molecule has 0 amide bonds. The first-order chi connectivity index (χ1) is 7.75. The van der Waals surface area contributed by atoms with Crippen molar-refractivity contribution in [3.8, 4) is 0 Å². The molecule has 0 radical (unpaired) electrons. The van der Waals surface area contributed by atoms with Crippen molar-refractivity contribution in [1.82, 2.24) is 5.32 Å². The summed E-state index contributed by atoms with van der Waals surface area (Å²) in [5, 5.41) is 4.29. The second-order valence-corrected chi connectivity index (χ2v) is 6.16. The molecule has 88 valence electrons. The third-order valence-electron chi connectivity index (χ3n) is 3.06. The Balaban J connectivity index is 1.71. The summed E-state index contributed by atoms with van der Waals surface area (Å²) >= 11 is 2.05. The molecule has 1 nitrogen and oxygen atoms in total. The van der Waals surface area contributed by atoms with Crippen LogP contribution in [0.25, 0.3) is 0 Å². The summed E-state index contributed by atoms with van der Waals surface area (Å²) in [5.41, 5.74) is 2.89. The summed E-state index contributed by atoms with van der Waals surface area (Å²) in [7, 11) is 0. The SMILES string of the molecule is Cc1ccccc1CSC(C)CNC1CC1. The molecular weight excluding hydrogens is 214 g/mol. The van der Waals surface area contributed by atoms with Gasteiger partial charge in [0.05, 0.1) is 0 Å². The molecule has 0 heterocycles. The van der Waals surface area contributed by atoms with Crippen molar-refractivity contribution in [1.29, 1.82) is 0 Å². The van der Waals surface area contributed by atoms with Gasteiger partial charge in [-0.25, -0.2) is 0 Å². The number of hydrogen-bond donors (Lipinski definition) is 1. The molecule has 1 saturated carbocycles. The number of rotatable bonds is 6. The van der Waals surface area contributed by atoms with E-state index in [9.17, 15) is 0 Å². The maximum atomic E-state index is 3.59. The van der Waals surface area contributed by atoms with Crippen molar-refractivity contribution in [2.75, 3.05) is 6.54 Å². The molecule has 0 aromatic heterocycles. The van der Waals surface area contributed by atoms with Crippen LogP contribution in [-0.2, 0) is 5.75 Å². The molecule has 0 saturated heterocycles. The minimum absolute atomic E-state index is 0.709. The van der Waals surface area contributed by atoms with Crippen LogP contribution in [0.1, 0.15) is 30.9 Å². The molecule has 1 aromatic rings. The Bertz CT molecular complexity index is 333. The van der Waals surface area contributed by atoms with Crippen molar-refractivity contribution in [3.05, 3.63) is 35.4 Å². The summed E-state index contributed by atoms with van der Waals surface area (Å²) in [6.45, 7) is 5.67. The van der Waals surface area contributed by atoms with Gasteiger partial charge in [0.2, 0.25) is 0 Å². The Hall–Kier alpha value is -0.470. The van der Waals surface area contributed by atoms with E-state index >= 15 is 0 Å². The van der Waals surface area contributed by atoms with Gasteiger partial charge in [-0.3, -0.25) is 0 Å². The Morgan fingerprint density at radius 2 is 2.12 bits per heavy atom. The van der Waals surface area contributed by atoms with Crippen molar-refractivity contribution in [2.45, 2.75) is 43.7 Å². The zero-order valence-electron chi connectivity index (χ0n) is 10.2. The Morgan fingerprint density at radius 3 is 2.81 bits per heavy atom. The second-order valence-electron chi connectivity index (χ2n) is 4.73. The maximum absolute atomic E-state index is 3.59. The highest BCUT2D eigenvalue weighted by molar-refractivity contribution is 7.99. The number of hydrogen-bond acceptors (Lipinski definition) is 2. The lowest BCUT2D eigenvalue weighted by Gasteiger charge is -2.13. The van der Waals surface area contributed by atoms with Crippen molar-refractivity contribution in [2.24, 2.45) is 0 Å². The van der Waals surface area contributed by atoms with Crippen LogP contribution in [0, 0.1) is 6.92 Å². The van der Waals surface area contributed by atoms with Crippen LogP contribution >= 0.6 is 11.8 Å². The third-order valence-corrected chi connectivity index (χ3v) is 4.27. The highest BCUT2D eigenvalue weighted by Crippen LogP contribution is 2.22. The number of thioether (sulfide) groups is 1. The van der Waals surface area contributed by atoms with E-state index in [-0.39, 0.29) is 0 Å². The second kappa shape index (κ2) is 5.74. The van der Waals surface area contributed by atoms with Gasteiger partial charge in [0.15, 0.2) is 0 Å². The summed E-state index contributed by atoms with van der Waals surface area (Å²) < 4.78 is 0. The van der Waals surface area contributed by atoms with Crippen LogP contribution in [-0.4, -0.2) is 17.8 Å². The smallest absolute Gasteiger partial charge is 0.0190 e. The van der Waals surface area contributed by atoms with Gasteiger partial charge in [0.1, 0.15) is 0 Å². The standard InChI is InChI=1S/C14H21NS/c1-11-5-3-4-6-13(11)10-16-12(2)9-15-14-7-8-14/h3-6,12,14-15H,7-10H2,1-2H3. The Labute approximate surface area is 103 Å². The van der Waals surface area contributed by atoms with Crippen LogP contribution in [0.5, 0.6) is 0 Å². The Kier molecular flexibility index (Phi) is 4.30. The number of nitrogens with one attached hydrogen (secondary N) is 1. The molecule has 1 unspecified atom stereocenters. The predicted molar refractivity (Wildman–Crippen MR) is 73.0 cm³/mol. The lowest BCUT2D eigenvalue weighted by atomic mass is 10.1. The van der Waals surface area contributed by atoms with Gasteiger partial charge in [-0.05, 0) is 30.9 Å². The first kappa shape index (κ1) is 12.0. The van der Waals surface area contributed by atoms with Gasteiger partial charge < -0.3 is 5.32 Å². The zero-order chi connectivity index (χ0) is 11.4. The van der Waals surface area contributed by atoms with Crippen molar-refractivity contribution >= 4 is 11.8 Å². The molecule has 2 rings (SSSR count). The summed E-state index contributed by atoms with van der Waals surface area (Å²) in [5.74, 6) is 1.14. The fraction of sp³-hybridized carbons (Fsp3) is 0.571. The van der Waals surface area contributed by atoms with E-state index in [1.54, 1.807) is 0 Å². The van der Waals surface area contributed by atoms with Crippen LogP contribution in [0.3, 0.4) is 0 Å². The maximum Gasteiger partial charge on any atom is 0.0190 e. The van der Waals surface area contributed by atoms with Gasteiger partial charge in [-0.2, -0.15) is 11.8 Å². The first-order valence-electron chi connectivity index (χ1n) is 6.15. The van der Waals surface area contributed by atoms with Gasteiger partial charge in [-0.1, -0.05) is 31.2 Å². The minimum Gasteiger partial charge on any atom is -0.313 e. The Morgan fingerprint density at radius 1 is 1.38 bits per heavy atom. The van der Waals surface area contributed by atoms with E-state index in [4.69, 9.17) is 0 Å². The largest absolute Gasteiger partial charge is 0.313 e. The molecule has 0 bridgehead atoms. The fourth-order valence-corrected chi connectivity index (χ4v) is 2.69. The van der Waals surface area contributed by atoms with E-state index in [1.807, 2.05) is 0 Å². The topological polar surface area (TPSA) is 12.0 Å². The summed E-state index contributed by atoms with van der Waals surface area (Å²) in [6.07, 6.45) is 2.77. The van der Waals surface area contributed by atoms with Crippen molar-refractivity contribution < 1.29 is 0 Å². The molecule has 1 aliphatic rings. The average Bonchev–Trinajstić information content (AvgIpc) is 3.09. The molecule has 0 spiro atoms. The number of benzene rings is 1.